The van der Waals surface area contributed by atoms with Crippen LogP contribution in [0.3, 0.4) is 0 Å². The Morgan fingerprint density at radius 1 is 1.20 bits per heavy atom. The number of benzene rings is 2. The van der Waals surface area contributed by atoms with Crippen LogP contribution in [0, 0.1) is 0 Å². The Morgan fingerprint density at radius 2 is 1.95 bits per heavy atom. The first-order valence-corrected chi connectivity index (χ1v) is 7.74. The van der Waals surface area contributed by atoms with Crippen molar-refractivity contribution in [3.63, 3.8) is 0 Å². The molecule has 0 aliphatic rings. The molecule has 2 aromatic rings. The Hall–Kier alpha value is -1.45. The van der Waals surface area contributed by atoms with E-state index in [0.29, 0.717) is 10.8 Å². The lowest BCUT2D eigenvalue weighted by Gasteiger charge is -2.14. The minimum atomic E-state index is 0.0173. The van der Waals surface area contributed by atoms with Crippen molar-refractivity contribution < 1.29 is 4.79 Å². The summed E-state index contributed by atoms with van der Waals surface area (Å²) in [7, 11) is 0. The molecule has 1 amide bonds. The molecule has 0 saturated carbocycles. The maximum absolute atomic E-state index is 11.9. The van der Waals surface area contributed by atoms with Gasteiger partial charge in [-0.2, -0.15) is 0 Å². The molecule has 1 N–H and O–H groups in total. The van der Waals surface area contributed by atoms with Crippen LogP contribution in [0.25, 0.3) is 0 Å². The van der Waals surface area contributed by atoms with Crippen molar-refractivity contribution in [2.75, 3.05) is 5.75 Å². The van der Waals surface area contributed by atoms with E-state index in [2.05, 4.69) is 5.32 Å². The Kier molecular flexibility index (Phi) is 5.50. The molecule has 0 saturated heterocycles. The number of hydrogen-bond donors (Lipinski definition) is 1. The van der Waals surface area contributed by atoms with E-state index in [4.69, 9.17) is 11.6 Å². The van der Waals surface area contributed by atoms with Gasteiger partial charge in [0.25, 0.3) is 0 Å². The summed E-state index contributed by atoms with van der Waals surface area (Å²) in [6.07, 6.45) is 0. The summed E-state index contributed by atoms with van der Waals surface area (Å²) >= 11 is 7.39. The van der Waals surface area contributed by atoms with Gasteiger partial charge in [-0.05, 0) is 30.7 Å². The molecule has 0 fully saturated rings. The van der Waals surface area contributed by atoms with E-state index in [1.807, 2.05) is 61.5 Å². The van der Waals surface area contributed by atoms with E-state index in [9.17, 15) is 4.79 Å². The summed E-state index contributed by atoms with van der Waals surface area (Å²) in [6.45, 7) is 1.98. The molecule has 0 unspecified atom stereocenters. The van der Waals surface area contributed by atoms with Gasteiger partial charge in [-0.3, -0.25) is 4.79 Å². The summed E-state index contributed by atoms with van der Waals surface area (Å²) in [5.74, 6) is 0.406. The second kappa shape index (κ2) is 7.36. The van der Waals surface area contributed by atoms with E-state index >= 15 is 0 Å². The normalized spacial score (nSPS) is 11.9. The average molecular weight is 306 g/mol. The molecule has 0 bridgehead atoms. The van der Waals surface area contributed by atoms with Crippen molar-refractivity contribution in [3.8, 4) is 0 Å². The van der Waals surface area contributed by atoms with E-state index in [0.717, 1.165) is 10.5 Å². The van der Waals surface area contributed by atoms with Gasteiger partial charge in [-0.1, -0.05) is 48.0 Å². The molecule has 0 spiro atoms. The summed E-state index contributed by atoms with van der Waals surface area (Å²) in [6, 6.07) is 17.5. The van der Waals surface area contributed by atoms with Gasteiger partial charge in [0.05, 0.1) is 11.8 Å². The van der Waals surface area contributed by atoms with Crippen LogP contribution >= 0.6 is 23.4 Å². The van der Waals surface area contributed by atoms with Gasteiger partial charge < -0.3 is 5.32 Å². The van der Waals surface area contributed by atoms with Gasteiger partial charge in [0.1, 0.15) is 0 Å². The summed E-state index contributed by atoms with van der Waals surface area (Å²) in [4.78, 5) is 12.9. The highest BCUT2D eigenvalue weighted by molar-refractivity contribution is 8.00. The average Bonchev–Trinajstić information content (AvgIpc) is 2.46. The van der Waals surface area contributed by atoms with Gasteiger partial charge in [-0.15, -0.1) is 11.8 Å². The zero-order chi connectivity index (χ0) is 14.4. The van der Waals surface area contributed by atoms with Crippen LogP contribution in [0.15, 0.2) is 59.5 Å². The zero-order valence-electron chi connectivity index (χ0n) is 11.2. The van der Waals surface area contributed by atoms with E-state index < -0.39 is 0 Å². The lowest BCUT2D eigenvalue weighted by Crippen LogP contribution is -2.28. The van der Waals surface area contributed by atoms with Crippen LogP contribution in [0.5, 0.6) is 0 Å². The fraction of sp³-hybridized carbons (Fsp3) is 0.188. The number of carbonyl (C=O) groups is 1. The second-order valence-corrected chi connectivity index (χ2v) is 5.93. The predicted molar refractivity (Wildman–Crippen MR) is 85.2 cm³/mol. The van der Waals surface area contributed by atoms with Crippen molar-refractivity contribution in [1.82, 2.24) is 5.32 Å². The van der Waals surface area contributed by atoms with Gasteiger partial charge in [0, 0.05) is 9.92 Å². The lowest BCUT2D eigenvalue weighted by molar-refractivity contribution is -0.119. The van der Waals surface area contributed by atoms with Crippen molar-refractivity contribution in [2.24, 2.45) is 0 Å². The quantitative estimate of drug-likeness (QED) is 0.834. The Balaban J connectivity index is 1.84. The minimum absolute atomic E-state index is 0.0173. The van der Waals surface area contributed by atoms with E-state index in [1.54, 1.807) is 0 Å². The number of nitrogens with one attached hydrogen (secondary N) is 1. The Bertz CT molecular complexity index is 574. The second-order valence-electron chi connectivity index (χ2n) is 4.45. The Morgan fingerprint density at radius 3 is 2.65 bits per heavy atom. The molecule has 104 valence electrons. The first-order chi connectivity index (χ1) is 9.65. The molecular weight excluding hydrogens is 290 g/mol. The first-order valence-electron chi connectivity index (χ1n) is 6.38. The number of hydrogen-bond acceptors (Lipinski definition) is 2. The third-order valence-corrected chi connectivity index (χ3v) is 4.07. The third kappa shape index (κ3) is 4.58. The summed E-state index contributed by atoms with van der Waals surface area (Å²) in [5.41, 5.74) is 1.11. The van der Waals surface area contributed by atoms with E-state index in [-0.39, 0.29) is 11.9 Å². The van der Waals surface area contributed by atoms with Gasteiger partial charge in [-0.25, -0.2) is 0 Å². The fourth-order valence-electron chi connectivity index (χ4n) is 1.81. The SMILES string of the molecule is C[C@@H](NC(=O)CSc1cccc(Cl)c1)c1ccccc1. The molecule has 0 heterocycles. The highest BCUT2D eigenvalue weighted by atomic mass is 35.5. The number of rotatable bonds is 5. The topological polar surface area (TPSA) is 29.1 Å². The largest absolute Gasteiger partial charge is 0.349 e. The monoisotopic (exact) mass is 305 g/mol. The third-order valence-electron chi connectivity index (χ3n) is 2.84. The molecule has 1 atom stereocenters. The van der Waals surface area contributed by atoms with Gasteiger partial charge in [0.2, 0.25) is 5.91 Å². The van der Waals surface area contributed by atoms with Gasteiger partial charge >= 0.3 is 0 Å². The first kappa shape index (κ1) is 14.9. The molecular formula is C16H16ClNOS. The van der Waals surface area contributed by atoms with Crippen LogP contribution in [-0.4, -0.2) is 11.7 Å². The van der Waals surface area contributed by atoms with Crippen molar-refractivity contribution in [2.45, 2.75) is 17.9 Å². The van der Waals surface area contributed by atoms with Crippen LogP contribution in [0.2, 0.25) is 5.02 Å². The highest BCUT2D eigenvalue weighted by Crippen LogP contribution is 2.21. The molecule has 20 heavy (non-hydrogen) atoms. The lowest BCUT2D eigenvalue weighted by atomic mass is 10.1. The number of amides is 1. The van der Waals surface area contributed by atoms with Crippen LogP contribution in [0.4, 0.5) is 0 Å². The summed E-state index contributed by atoms with van der Waals surface area (Å²) < 4.78 is 0. The highest BCUT2D eigenvalue weighted by Gasteiger charge is 2.09. The number of thioether (sulfide) groups is 1. The maximum Gasteiger partial charge on any atom is 0.230 e. The zero-order valence-corrected chi connectivity index (χ0v) is 12.7. The molecule has 2 rings (SSSR count). The molecule has 0 aromatic heterocycles. The van der Waals surface area contributed by atoms with Crippen LogP contribution in [-0.2, 0) is 4.79 Å². The van der Waals surface area contributed by atoms with Gasteiger partial charge in [0.15, 0.2) is 0 Å². The number of carbonyl (C=O) groups excluding carboxylic acids is 1. The number of halogens is 1. The smallest absolute Gasteiger partial charge is 0.230 e. The predicted octanol–water partition coefficient (Wildman–Crippen LogP) is 4.31. The van der Waals surface area contributed by atoms with Crippen molar-refractivity contribution in [1.29, 1.82) is 0 Å². The fourth-order valence-corrected chi connectivity index (χ4v) is 2.84. The van der Waals surface area contributed by atoms with E-state index in [1.165, 1.54) is 11.8 Å². The molecule has 0 aliphatic heterocycles. The molecule has 0 radical (unpaired) electrons. The summed E-state index contributed by atoms with van der Waals surface area (Å²) in [5, 5.41) is 3.68. The molecule has 2 nitrogen and oxygen atoms in total. The minimum Gasteiger partial charge on any atom is -0.349 e. The van der Waals surface area contributed by atoms with Crippen LogP contribution < -0.4 is 5.32 Å². The van der Waals surface area contributed by atoms with Crippen LogP contribution in [0.1, 0.15) is 18.5 Å². The maximum atomic E-state index is 11.9. The Labute approximate surface area is 128 Å². The standard InChI is InChI=1S/C16H16ClNOS/c1-12(13-6-3-2-4-7-13)18-16(19)11-20-15-9-5-8-14(17)10-15/h2-10,12H,11H2,1H3,(H,18,19)/t12-/m1/s1. The molecule has 4 heteroatoms. The molecule has 0 aliphatic carbocycles. The molecule has 2 aromatic carbocycles. The van der Waals surface area contributed by atoms with Crippen molar-refractivity contribution in [3.05, 3.63) is 65.2 Å². The van der Waals surface area contributed by atoms with Crippen molar-refractivity contribution >= 4 is 29.3 Å².